The lowest BCUT2D eigenvalue weighted by Crippen LogP contribution is -2.14. The van der Waals surface area contributed by atoms with Crippen LogP contribution < -0.4 is 0 Å². The van der Waals surface area contributed by atoms with Crippen molar-refractivity contribution in [2.45, 2.75) is 32.1 Å². The molecule has 1 saturated carbocycles. The molecule has 1 fully saturated rings. The lowest BCUT2D eigenvalue weighted by Gasteiger charge is -2.14. The highest BCUT2D eigenvalue weighted by molar-refractivity contribution is 5.80. The normalized spacial score (nSPS) is 23.6. The molecule has 0 aromatic rings. The molecule has 14 heavy (non-hydrogen) atoms. The number of nitrogens with zero attached hydrogens (tertiary/aromatic N) is 1. The molecule has 0 spiro atoms. The van der Waals surface area contributed by atoms with E-state index in [2.05, 4.69) is 11.4 Å². The molecule has 1 aliphatic carbocycles. The standard InChI is InChI=1S/C12H16NO/c1-2-4-8-11(7-3-1)12-13-9-5-6-10-14-12/h1,5-6,9-11H,2-4,7-8H2. The van der Waals surface area contributed by atoms with E-state index in [-0.39, 0.29) is 0 Å². The van der Waals surface area contributed by atoms with Crippen molar-refractivity contribution >= 4 is 5.90 Å². The van der Waals surface area contributed by atoms with Gasteiger partial charge in [0.25, 0.3) is 0 Å². The lowest BCUT2D eigenvalue weighted by atomic mass is 10.0. The van der Waals surface area contributed by atoms with Gasteiger partial charge in [-0.25, -0.2) is 4.99 Å². The molecule has 0 saturated heterocycles. The molecule has 1 unspecified atom stereocenters. The predicted molar refractivity (Wildman–Crippen MR) is 57.7 cm³/mol. The first-order chi connectivity index (χ1) is 6.97. The third-order valence-electron chi connectivity index (χ3n) is 2.70. The molecular formula is C12H16NO. The molecule has 1 atom stereocenters. The Bertz CT molecular complexity index is 257. The van der Waals surface area contributed by atoms with Crippen LogP contribution in [0.15, 0.2) is 29.6 Å². The topological polar surface area (TPSA) is 21.6 Å². The first-order valence-electron chi connectivity index (χ1n) is 5.34. The quantitative estimate of drug-likeness (QED) is 0.582. The Morgan fingerprint density at radius 2 is 2.21 bits per heavy atom. The summed E-state index contributed by atoms with van der Waals surface area (Å²) in [6.45, 7) is 0. The summed E-state index contributed by atoms with van der Waals surface area (Å²) >= 11 is 0. The van der Waals surface area contributed by atoms with Gasteiger partial charge < -0.3 is 4.74 Å². The van der Waals surface area contributed by atoms with E-state index in [1.165, 1.54) is 32.1 Å². The van der Waals surface area contributed by atoms with E-state index < -0.39 is 0 Å². The maximum absolute atomic E-state index is 5.49. The van der Waals surface area contributed by atoms with Crippen LogP contribution in [0.3, 0.4) is 0 Å². The zero-order valence-electron chi connectivity index (χ0n) is 8.36. The van der Waals surface area contributed by atoms with E-state index in [1.54, 1.807) is 6.26 Å². The van der Waals surface area contributed by atoms with Gasteiger partial charge in [0.15, 0.2) is 5.90 Å². The van der Waals surface area contributed by atoms with Gasteiger partial charge in [0.05, 0.1) is 6.26 Å². The fourth-order valence-corrected chi connectivity index (χ4v) is 1.92. The second-order valence-electron chi connectivity index (χ2n) is 3.75. The van der Waals surface area contributed by atoms with E-state index in [0.717, 1.165) is 5.90 Å². The first kappa shape index (κ1) is 9.50. The predicted octanol–water partition coefficient (Wildman–Crippen LogP) is 3.23. The molecule has 0 N–H and O–H groups in total. The summed E-state index contributed by atoms with van der Waals surface area (Å²) in [5.41, 5.74) is 0. The molecule has 1 heterocycles. The summed E-state index contributed by atoms with van der Waals surface area (Å²) in [5, 5.41) is 0. The smallest absolute Gasteiger partial charge is 0.196 e. The largest absolute Gasteiger partial charge is 0.450 e. The van der Waals surface area contributed by atoms with Crippen molar-refractivity contribution in [3.8, 4) is 0 Å². The molecule has 0 amide bonds. The van der Waals surface area contributed by atoms with Gasteiger partial charge in [-0.15, -0.1) is 0 Å². The first-order valence-corrected chi connectivity index (χ1v) is 5.34. The average Bonchev–Trinajstić information content (AvgIpc) is 2.62. The Morgan fingerprint density at radius 1 is 1.21 bits per heavy atom. The van der Waals surface area contributed by atoms with Crippen molar-refractivity contribution in [1.82, 2.24) is 0 Å². The second kappa shape index (κ2) is 4.99. The molecule has 2 rings (SSSR count). The van der Waals surface area contributed by atoms with Gasteiger partial charge in [-0.3, -0.25) is 0 Å². The summed E-state index contributed by atoms with van der Waals surface area (Å²) in [4.78, 5) is 4.33. The van der Waals surface area contributed by atoms with Gasteiger partial charge >= 0.3 is 0 Å². The van der Waals surface area contributed by atoms with Gasteiger partial charge in [-0.1, -0.05) is 12.8 Å². The molecule has 1 radical (unpaired) electrons. The summed E-state index contributed by atoms with van der Waals surface area (Å²) in [5.74, 6) is 1.41. The van der Waals surface area contributed by atoms with Crippen LogP contribution in [-0.4, -0.2) is 5.90 Å². The SMILES string of the molecule is [CH]1CCCC(C2=NC=CC=CO2)CC1. The molecule has 0 bridgehead atoms. The minimum atomic E-state index is 0.515. The van der Waals surface area contributed by atoms with Gasteiger partial charge in [-0.05, 0) is 37.8 Å². The van der Waals surface area contributed by atoms with Crippen molar-refractivity contribution in [3.63, 3.8) is 0 Å². The summed E-state index contributed by atoms with van der Waals surface area (Å²) in [7, 11) is 0. The maximum Gasteiger partial charge on any atom is 0.196 e. The van der Waals surface area contributed by atoms with Crippen LogP contribution in [0.4, 0.5) is 0 Å². The van der Waals surface area contributed by atoms with Crippen LogP contribution in [0, 0.1) is 12.3 Å². The molecule has 0 aromatic carbocycles. The van der Waals surface area contributed by atoms with Crippen LogP contribution in [0.25, 0.3) is 0 Å². The Morgan fingerprint density at radius 3 is 3.21 bits per heavy atom. The van der Waals surface area contributed by atoms with Gasteiger partial charge in [0, 0.05) is 12.1 Å². The number of aliphatic imine (C=N–C) groups is 1. The van der Waals surface area contributed by atoms with Crippen LogP contribution in [0.2, 0.25) is 0 Å². The van der Waals surface area contributed by atoms with Crippen LogP contribution in [-0.2, 0) is 4.74 Å². The third-order valence-corrected chi connectivity index (χ3v) is 2.70. The molecule has 2 heteroatoms. The summed E-state index contributed by atoms with van der Waals surface area (Å²) in [6, 6.07) is 0. The Hall–Kier alpha value is -1.05. The third kappa shape index (κ3) is 2.47. The number of ether oxygens (including phenoxy) is 1. The van der Waals surface area contributed by atoms with Crippen molar-refractivity contribution in [1.29, 1.82) is 0 Å². The zero-order valence-corrected chi connectivity index (χ0v) is 8.36. The van der Waals surface area contributed by atoms with Gasteiger partial charge in [-0.2, -0.15) is 0 Å². The van der Waals surface area contributed by atoms with Crippen LogP contribution >= 0.6 is 0 Å². The molecule has 0 aromatic heterocycles. The number of hydrogen-bond acceptors (Lipinski definition) is 2. The molecule has 2 aliphatic rings. The molecule has 75 valence electrons. The minimum absolute atomic E-state index is 0.515. The van der Waals surface area contributed by atoms with Gasteiger partial charge in [0.2, 0.25) is 0 Å². The number of hydrogen-bond donors (Lipinski definition) is 0. The Balaban J connectivity index is 2.01. The highest BCUT2D eigenvalue weighted by atomic mass is 16.5. The molecular weight excluding hydrogens is 174 g/mol. The Kier molecular flexibility index (Phi) is 3.39. The summed E-state index contributed by atoms with van der Waals surface area (Å²) < 4.78 is 5.49. The monoisotopic (exact) mass is 190 g/mol. The minimum Gasteiger partial charge on any atom is -0.450 e. The van der Waals surface area contributed by atoms with E-state index in [4.69, 9.17) is 4.74 Å². The summed E-state index contributed by atoms with van der Waals surface area (Å²) in [6.07, 6.45) is 15.8. The highest BCUT2D eigenvalue weighted by Crippen LogP contribution is 2.24. The van der Waals surface area contributed by atoms with Crippen molar-refractivity contribution in [3.05, 3.63) is 31.0 Å². The maximum atomic E-state index is 5.49. The lowest BCUT2D eigenvalue weighted by molar-refractivity contribution is 0.405. The highest BCUT2D eigenvalue weighted by Gasteiger charge is 2.19. The zero-order chi connectivity index (χ0) is 9.64. The van der Waals surface area contributed by atoms with Crippen molar-refractivity contribution in [2.75, 3.05) is 0 Å². The number of allylic oxidation sites excluding steroid dienone is 2. The average molecular weight is 190 g/mol. The van der Waals surface area contributed by atoms with Crippen LogP contribution in [0.1, 0.15) is 32.1 Å². The van der Waals surface area contributed by atoms with Crippen molar-refractivity contribution in [2.24, 2.45) is 10.9 Å². The fourth-order valence-electron chi connectivity index (χ4n) is 1.92. The molecule has 1 aliphatic heterocycles. The van der Waals surface area contributed by atoms with Crippen LogP contribution in [0.5, 0.6) is 0 Å². The van der Waals surface area contributed by atoms with E-state index in [9.17, 15) is 0 Å². The fraction of sp³-hybridized carbons (Fsp3) is 0.500. The number of rotatable bonds is 1. The second-order valence-corrected chi connectivity index (χ2v) is 3.75. The van der Waals surface area contributed by atoms with Crippen molar-refractivity contribution < 1.29 is 4.74 Å². The van der Waals surface area contributed by atoms with E-state index >= 15 is 0 Å². The van der Waals surface area contributed by atoms with E-state index in [1.807, 2.05) is 18.4 Å². The van der Waals surface area contributed by atoms with E-state index in [0.29, 0.717) is 5.92 Å². The molecule has 2 nitrogen and oxygen atoms in total. The van der Waals surface area contributed by atoms with Gasteiger partial charge in [0.1, 0.15) is 0 Å². The Labute approximate surface area is 85.4 Å².